The number of carbonyl (C=O) groups excluding carboxylic acids is 1. The fraction of sp³-hybridized carbons (Fsp3) is 0.367. The fourth-order valence-electron chi connectivity index (χ4n) is 5.03. The number of rotatable bonds is 9. The fourth-order valence-corrected chi connectivity index (χ4v) is 5.03. The summed E-state index contributed by atoms with van der Waals surface area (Å²) in [6.07, 6.45) is 7.87. The lowest BCUT2D eigenvalue weighted by molar-refractivity contribution is -0.144. The first-order valence-electron chi connectivity index (χ1n) is 13.4. The molecule has 3 heterocycles. The van der Waals surface area contributed by atoms with Crippen molar-refractivity contribution >= 4 is 28.1 Å². The topological polar surface area (TPSA) is 111 Å². The highest BCUT2D eigenvalue weighted by atomic mass is 16.5. The van der Waals surface area contributed by atoms with Crippen molar-refractivity contribution in [2.75, 3.05) is 29.9 Å². The predicted molar refractivity (Wildman–Crippen MR) is 151 cm³/mol. The molecule has 1 aliphatic heterocycles. The largest absolute Gasteiger partial charge is 0.464 e. The summed E-state index contributed by atoms with van der Waals surface area (Å²) in [4.78, 5) is 48.6. The number of hydrogen-bond acceptors (Lipinski definition) is 9. The smallest absolute Gasteiger partial charge is 0.328 e. The van der Waals surface area contributed by atoms with E-state index in [0.29, 0.717) is 17.3 Å². The number of esters is 1. The predicted octanol–water partition coefficient (Wildman–Crippen LogP) is 4.29. The number of benzene rings is 1. The monoisotopic (exact) mass is 528 g/mol. The molecule has 1 saturated heterocycles. The number of nitrogens with zero attached hydrogens (tertiary/aromatic N) is 3. The summed E-state index contributed by atoms with van der Waals surface area (Å²) in [6, 6.07) is 10.4. The maximum absolute atomic E-state index is 12.9. The van der Waals surface area contributed by atoms with Gasteiger partial charge in [-0.15, -0.1) is 0 Å². The molecule has 0 spiro atoms. The Balaban J connectivity index is 1.34. The van der Waals surface area contributed by atoms with Crippen LogP contribution in [-0.4, -0.2) is 41.7 Å². The molecule has 1 N–H and O–H groups in total. The molecular weight excluding hydrogens is 496 g/mol. The van der Waals surface area contributed by atoms with Gasteiger partial charge in [0.25, 0.3) is 10.9 Å². The lowest BCUT2D eigenvalue weighted by Crippen LogP contribution is -2.46. The lowest BCUT2D eigenvalue weighted by Gasteiger charge is -2.28. The lowest BCUT2D eigenvalue weighted by atomic mass is 10.0. The van der Waals surface area contributed by atoms with Crippen LogP contribution < -0.4 is 25.8 Å². The van der Waals surface area contributed by atoms with Crippen LogP contribution in [0.3, 0.4) is 0 Å². The van der Waals surface area contributed by atoms with Crippen LogP contribution >= 0.6 is 0 Å². The van der Waals surface area contributed by atoms with E-state index in [0.717, 1.165) is 60.8 Å². The Kier molecular flexibility index (Phi) is 7.86. The average molecular weight is 529 g/mol. The van der Waals surface area contributed by atoms with Crippen molar-refractivity contribution in [1.82, 2.24) is 9.97 Å². The molecule has 0 radical (unpaired) electrons. The van der Waals surface area contributed by atoms with Crippen molar-refractivity contribution in [2.45, 2.75) is 52.0 Å². The van der Waals surface area contributed by atoms with E-state index in [-0.39, 0.29) is 18.7 Å². The third-order valence-corrected chi connectivity index (χ3v) is 7.00. The molecule has 1 aliphatic rings. The summed E-state index contributed by atoms with van der Waals surface area (Å²) < 4.78 is 11.4. The number of aromatic nitrogens is 2. The number of hydrogen-bond donors (Lipinski definition) is 1. The van der Waals surface area contributed by atoms with Gasteiger partial charge in [-0.25, -0.2) is 9.78 Å². The number of aryl methyl sites for hydroxylation is 1. The molecule has 2 aromatic carbocycles. The van der Waals surface area contributed by atoms with Crippen LogP contribution in [0, 0.1) is 6.92 Å². The van der Waals surface area contributed by atoms with Gasteiger partial charge < -0.3 is 19.7 Å². The average Bonchev–Trinajstić information content (AvgIpc) is 3.22. The van der Waals surface area contributed by atoms with Gasteiger partial charge in [0.1, 0.15) is 23.2 Å². The van der Waals surface area contributed by atoms with E-state index in [1.54, 1.807) is 19.3 Å². The molecule has 39 heavy (non-hydrogen) atoms. The molecule has 0 unspecified atom stereocenters. The summed E-state index contributed by atoms with van der Waals surface area (Å²) in [5.74, 6) is 0.585. The Hall–Kier alpha value is -4.27. The van der Waals surface area contributed by atoms with Crippen LogP contribution in [0.15, 0.2) is 58.4 Å². The number of nitrogens with one attached hydrogen (secondary N) is 1. The van der Waals surface area contributed by atoms with Crippen molar-refractivity contribution in [3.63, 3.8) is 0 Å². The van der Waals surface area contributed by atoms with E-state index >= 15 is 0 Å². The highest BCUT2D eigenvalue weighted by molar-refractivity contribution is 5.86. The molecule has 5 rings (SSSR count). The van der Waals surface area contributed by atoms with Gasteiger partial charge >= 0.3 is 5.97 Å². The third-order valence-electron chi connectivity index (χ3n) is 7.00. The highest BCUT2D eigenvalue weighted by Crippen LogP contribution is 2.29. The second-order valence-electron chi connectivity index (χ2n) is 9.85. The first-order chi connectivity index (χ1) is 18.9. The molecule has 0 aliphatic carbocycles. The zero-order valence-electron chi connectivity index (χ0n) is 22.2. The molecule has 0 amide bonds. The Morgan fingerprint density at radius 2 is 1.79 bits per heavy atom. The quantitative estimate of drug-likeness (QED) is 0.251. The van der Waals surface area contributed by atoms with Crippen LogP contribution in [0.1, 0.15) is 43.9 Å². The highest BCUT2D eigenvalue weighted by Gasteiger charge is 2.30. The van der Waals surface area contributed by atoms with Gasteiger partial charge in [-0.2, -0.15) is 0 Å². The summed E-state index contributed by atoms with van der Waals surface area (Å²) >= 11 is 0. The minimum Gasteiger partial charge on any atom is -0.464 e. The molecule has 1 atom stereocenters. The first-order valence-corrected chi connectivity index (χ1v) is 13.4. The first kappa shape index (κ1) is 26.3. The second-order valence-corrected chi connectivity index (χ2v) is 9.85. The maximum Gasteiger partial charge on any atom is 0.328 e. The summed E-state index contributed by atoms with van der Waals surface area (Å²) in [6.45, 7) is 5.31. The Morgan fingerprint density at radius 3 is 2.51 bits per heavy atom. The van der Waals surface area contributed by atoms with E-state index in [4.69, 9.17) is 9.47 Å². The summed E-state index contributed by atoms with van der Waals surface area (Å²) in [5, 5.41) is 4.86. The van der Waals surface area contributed by atoms with Gasteiger partial charge in [0, 0.05) is 37.6 Å². The molecule has 0 bridgehead atoms. The van der Waals surface area contributed by atoms with Crippen molar-refractivity contribution < 1.29 is 14.3 Å². The van der Waals surface area contributed by atoms with Gasteiger partial charge in [0.2, 0.25) is 5.88 Å². The minimum atomic E-state index is -0.820. The molecule has 2 aromatic heterocycles. The number of carbonyl (C=O) groups is 1. The van der Waals surface area contributed by atoms with E-state index in [1.165, 1.54) is 0 Å². The van der Waals surface area contributed by atoms with Crippen molar-refractivity contribution in [1.29, 1.82) is 0 Å². The van der Waals surface area contributed by atoms with Gasteiger partial charge in [-0.3, -0.25) is 14.6 Å². The van der Waals surface area contributed by atoms with Crippen molar-refractivity contribution in [3.05, 3.63) is 80.5 Å². The second kappa shape index (κ2) is 11.6. The summed E-state index contributed by atoms with van der Waals surface area (Å²) in [7, 11) is 0. The van der Waals surface area contributed by atoms with E-state index < -0.39 is 22.9 Å². The van der Waals surface area contributed by atoms with Gasteiger partial charge in [-0.05, 0) is 61.9 Å². The third kappa shape index (κ3) is 5.77. The Morgan fingerprint density at radius 1 is 1.05 bits per heavy atom. The molecule has 4 aromatic rings. The zero-order chi connectivity index (χ0) is 27.4. The van der Waals surface area contributed by atoms with E-state index in [2.05, 4.69) is 15.3 Å². The van der Waals surface area contributed by atoms with E-state index in [9.17, 15) is 14.4 Å². The van der Waals surface area contributed by atoms with Crippen LogP contribution in [0.2, 0.25) is 0 Å². The summed E-state index contributed by atoms with van der Waals surface area (Å²) in [5.41, 5.74) is 1.21. The van der Waals surface area contributed by atoms with E-state index in [1.807, 2.05) is 48.2 Å². The molecule has 1 fully saturated rings. The van der Waals surface area contributed by atoms with Crippen molar-refractivity contribution in [2.24, 2.45) is 0 Å². The van der Waals surface area contributed by atoms with Gasteiger partial charge in [0.15, 0.2) is 0 Å². The molecule has 202 valence electrons. The Labute approximate surface area is 226 Å². The zero-order valence-corrected chi connectivity index (χ0v) is 22.2. The SMILES string of the molecule is CCOC(=O)[C@H](Cc1ccc(Oc2nc(C)cc3ccncc23)cc1)Nc1c(N2CCCCCC2)c(=O)c1=O. The standard InChI is InChI=1S/C30H32N4O5/c1-3-38-30(37)24(33-25-26(28(36)27(25)35)34-14-6-4-5-7-15-34)17-20-8-10-22(11-9-20)39-29-23-18-31-13-12-21(23)16-19(2)32-29/h8-13,16,18,24,33H,3-7,14-15,17H2,1-2H3/t24-/m0/s1. The van der Waals surface area contributed by atoms with Crippen LogP contribution in [0.5, 0.6) is 11.6 Å². The molecule has 0 saturated carbocycles. The minimum absolute atomic E-state index is 0.209. The number of pyridine rings is 2. The van der Waals surface area contributed by atoms with Crippen LogP contribution in [-0.2, 0) is 16.0 Å². The molecule has 9 heteroatoms. The maximum atomic E-state index is 12.9. The number of fused-ring (bicyclic) bond motifs is 1. The van der Waals surface area contributed by atoms with Gasteiger partial charge in [0.05, 0.1) is 12.0 Å². The Bertz CT molecular complexity index is 1530. The van der Waals surface area contributed by atoms with Crippen LogP contribution in [0.25, 0.3) is 10.8 Å². The number of ether oxygens (including phenoxy) is 2. The van der Waals surface area contributed by atoms with Gasteiger partial charge in [-0.1, -0.05) is 25.0 Å². The van der Waals surface area contributed by atoms with Crippen molar-refractivity contribution in [3.8, 4) is 11.6 Å². The molecule has 9 nitrogen and oxygen atoms in total. The number of anilines is 2. The normalized spacial score (nSPS) is 14.7. The van der Waals surface area contributed by atoms with Crippen LogP contribution in [0.4, 0.5) is 11.4 Å². The molecular formula is C30H32N4O5.